The highest BCUT2D eigenvalue weighted by molar-refractivity contribution is 8.09. The predicted molar refractivity (Wildman–Crippen MR) is 91.9 cm³/mol. The zero-order valence-corrected chi connectivity index (χ0v) is 15.4. The van der Waals surface area contributed by atoms with Crippen molar-refractivity contribution in [2.45, 2.75) is 33.6 Å². The van der Waals surface area contributed by atoms with Gasteiger partial charge in [0.15, 0.2) is 0 Å². The molecular weight excluding hydrogens is 321 g/mol. The van der Waals surface area contributed by atoms with Crippen LogP contribution in [0.15, 0.2) is 24.3 Å². The summed E-state index contributed by atoms with van der Waals surface area (Å²) in [6.07, 6.45) is -0.578. The van der Waals surface area contributed by atoms with E-state index in [0.717, 1.165) is 5.56 Å². The maximum absolute atomic E-state index is 12.3. The molecule has 0 heterocycles. The maximum Gasteiger partial charge on any atom is 0.422 e. The molecule has 0 fully saturated rings. The molecule has 1 amide bonds. The number of carbonyl (C=O) groups excluding carboxylic acids is 1. The summed E-state index contributed by atoms with van der Waals surface area (Å²) in [7, 11) is 1.54. The van der Waals surface area contributed by atoms with Crippen LogP contribution in [0.3, 0.4) is 0 Å². The van der Waals surface area contributed by atoms with E-state index >= 15 is 0 Å². The van der Waals surface area contributed by atoms with Gasteiger partial charge in [-0.1, -0.05) is 26.0 Å². The van der Waals surface area contributed by atoms with Crippen LogP contribution < -0.4 is 4.74 Å². The van der Waals surface area contributed by atoms with E-state index in [4.69, 9.17) is 25.6 Å². The zero-order valence-electron chi connectivity index (χ0n) is 13.7. The third kappa shape index (κ3) is 5.06. The first-order valence-electron chi connectivity index (χ1n) is 7.29. The highest BCUT2D eigenvalue weighted by Crippen LogP contribution is 2.51. The average molecular weight is 345 g/mol. The van der Waals surface area contributed by atoms with Gasteiger partial charge in [0, 0.05) is 7.05 Å². The molecule has 0 radical (unpaired) electrons. The number of hydrogen-bond donors (Lipinski definition) is 0. The van der Waals surface area contributed by atoms with Crippen molar-refractivity contribution in [1.82, 2.24) is 4.67 Å². The van der Waals surface area contributed by atoms with Crippen molar-refractivity contribution in [3.8, 4) is 5.75 Å². The Bertz CT molecular complexity index is 540. The Morgan fingerprint density at radius 3 is 2.36 bits per heavy atom. The van der Waals surface area contributed by atoms with E-state index in [1.807, 2.05) is 32.0 Å². The highest BCUT2D eigenvalue weighted by Gasteiger charge is 2.30. The third-order valence-electron chi connectivity index (χ3n) is 2.95. The van der Waals surface area contributed by atoms with Crippen molar-refractivity contribution in [3.05, 3.63) is 29.8 Å². The van der Waals surface area contributed by atoms with Crippen LogP contribution >= 0.6 is 6.64 Å². The second-order valence-corrected chi connectivity index (χ2v) is 8.36. The zero-order chi connectivity index (χ0) is 16.8. The standard InChI is InChI=1S/C15H24NO4PS/c1-6-18-21(22,19-7-2)16(5)15(17)20-14-10-8-9-13(11-14)12(3)4/h8-12H,6-7H2,1-5H3. The van der Waals surface area contributed by atoms with E-state index < -0.39 is 12.7 Å². The van der Waals surface area contributed by atoms with Crippen molar-refractivity contribution in [3.63, 3.8) is 0 Å². The minimum atomic E-state index is -2.84. The smallest absolute Gasteiger partial charge is 0.410 e. The molecule has 1 rings (SSSR count). The molecule has 124 valence electrons. The van der Waals surface area contributed by atoms with Gasteiger partial charge in [-0.3, -0.25) is 0 Å². The van der Waals surface area contributed by atoms with E-state index in [9.17, 15) is 4.79 Å². The first-order chi connectivity index (χ1) is 10.3. The number of rotatable bonds is 7. The number of ether oxygens (including phenoxy) is 1. The van der Waals surface area contributed by atoms with Crippen molar-refractivity contribution in [2.75, 3.05) is 20.3 Å². The van der Waals surface area contributed by atoms with Gasteiger partial charge < -0.3 is 13.8 Å². The second kappa shape index (κ2) is 8.63. The minimum Gasteiger partial charge on any atom is -0.410 e. The summed E-state index contributed by atoms with van der Waals surface area (Å²) in [5, 5.41) is 0. The molecule has 0 aromatic heterocycles. The molecule has 0 aliphatic rings. The van der Waals surface area contributed by atoms with Crippen LogP contribution in [-0.2, 0) is 20.9 Å². The Kier molecular flexibility index (Phi) is 7.49. The molecule has 7 heteroatoms. The van der Waals surface area contributed by atoms with Crippen LogP contribution in [0.2, 0.25) is 0 Å². The number of hydrogen-bond acceptors (Lipinski definition) is 5. The summed E-state index contributed by atoms with van der Waals surface area (Å²) in [5.41, 5.74) is 1.10. The van der Waals surface area contributed by atoms with E-state index in [2.05, 4.69) is 13.8 Å². The molecule has 0 bridgehead atoms. The minimum absolute atomic E-state index is 0.355. The molecule has 1 aromatic carbocycles. The van der Waals surface area contributed by atoms with Gasteiger partial charge in [0.25, 0.3) is 6.64 Å². The van der Waals surface area contributed by atoms with E-state index in [1.54, 1.807) is 13.1 Å². The largest absolute Gasteiger partial charge is 0.422 e. The summed E-state index contributed by atoms with van der Waals surface area (Å²) in [4.78, 5) is 12.3. The average Bonchev–Trinajstić information content (AvgIpc) is 2.47. The molecule has 0 atom stereocenters. The Hall–Kier alpha value is -0.940. The summed E-state index contributed by atoms with van der Waals surface area (Å²) in [6, 6.07) is 7.44. The van der Waals surface area contributed by atoms with Crippen molar-refractivity contribution in [2.24, 2.45) is 0 Å². The topological polar surface area (TPSA) is 48.0 Å². The lowest BCUT2D eigenvalue weighted by Crippen LogP contribution is -2.28. The Balaban J connectivity index is 2.87. The van der Waals surface area contributed by atoms with Gasteiger partial charge in [-0.05, 0) is 49.3 Å². The Labute approximate surface area is 137 Å². The van der Waals surface area contributed by atoms with E-state index in [1.165, 1.54) is 4.67 Å². The Morgan fingerprint density at radius 1 is 1.27 bits per heavy atom. The number of nitrogens with zero attached hydrogens (tertiary/aromatic N) is 1. The fourth-order valence-electron chi connectivity index (χ4n) is 1.74. The van der Waals surface area contributed by atoms with Crippen LogP contribution in [0.1, 0.15) is 39.2 Å². The van der Waals surface area contributed by atoms with Gasteiger partial charge in [0.05, 0.1) is 13.2 Å². The summed E-state index contributed by atoms with van der Waals surface area (Å²) in [6.45, 7) is 5.69. The van der Waals surface area contributed by atoms with Crippen molar-refractivity contribution in [1.29, 1.82) is 0 Å². The molecule has 0 aliphatic carbocycles. The van der Waals surface area contributed by atoms with E-state index in [-0.39, 0.29) is 0 Å². The van der Waals surface area contributed by atoms with Crippen LogP contribution in [0.4, 0.5) is 4.79 Å². The molecule has 5 nitrogen and oxygen atoms in total. The van der Waals surface area contributed by atoms with Gasteiger partial charge in [-0.15, -0.1) is 0 Å². The van der Waals surface area contributed by atoms with Crippen LogP contribution in [0.5, 0.6) is 5.75 Å². The summed E-state index contributed by atoms with van der Waals surface area (Å²) >= 11 is 5.37. The lowest BCUT2D eigenvalue weighted by molar-refractivity contribution is 0.168. The molecule has 0 aliphatic heterocycles. The van der Waals surface area contributed by atoms with Crippen LogP contribution in [0, 0.1) is 0 Å². The number of amides is 1. The highest BCUT2D eigenvalue weighted by atomic mass is 32.5. The van der Waals surface area contributed by atoms with Gasteiger partial charge >= 0.3 is 6.09 Å². The monoisotopic (exact) mass is 345 g/mol. The number of carbonyl (C=O) groups is 1. The molecular formula is C15H24NO4PS. The first-order valence-corrected chi connectivity index (χ1v) is 9.88. The predicted octanol–water partition coefficient (Wildman–Crippen LogP) is 4.54. The Morgan fingerprint density at radius 2 is 1.86 bits per heavy atom. The fourth-order valence-corrected chi connectivity index (χ4v) is 3.89. The SMILES string of the molecule is CCOP(=S)(OCC)N(C)C(=O)Oc1cccc(C(C)C)c1. The third-order valence-corrected chi connectivity index (χ3v) is 6.38. The quantitative estimate of drug-likeness (QED) is 0.679. The van der Waals surface area contributed by atoms with Crippen molar-refractivity contribution >= 4 is 24.5 Å². The van der Waals surface area contributed by atoms with Crippen molar-refractivity contribution < 1.29 is 18.6 Å². The van der Waals surface area contributed by atoms with Gasteiger partial charge in [-0.2, -0.15) is 0 Å². The first kappa shape index (κ1) is 19.1. The molecule has 22 heavy (non-hydrogen) atoms. The summed E-state index contributed by atoms with van der Waals surface area (Å²) in [5.74, 6) is 0.839. The molecule has 0 unspecified atom stereocenters. The normalized spacial score (nSPS) is 11.5. The van der Waals surface area contributed by atoms with Gasteiger partial charge in [0.2, 0.25) is 0 Å². The fraction of sp³-hybridized carbons (Fsp3) is 0.533. The second-order valence-electron chi connectivity index (χ2n) is 4.92. The lowest BCUT2D eigenvalue weighted by atomic mass is 10.0. The molecule has 0 saturated heterocycles. The molecule has 0 spiro atoms. The van der Waals surface area contributed by atoms with Gasteiger partial charge in [0.1, 0.15) is 5.75 Å². The van der Waals surface area contributed by atoms with Crippen LogP contribution in [0.25, 0.3) is 0 Å². The van der Waals surface area contributed by atoms with E-state index in [0.29, 0.717) is 24.9 Å². The number of benzene rings is 1. The van der Waals surface area contributed by atoms with Crippen LogP contribution in [-0.4, -0.2) is 31.0 Å². The lowest BCUT2D eigenvalue weighted by Gasteiger charge is -2.29. The maximum atomic E-state index is 12.3. The van der Waals surface area contributed by atoms with Gasteiger partial charge in [-0.25, -0.2) is 9.46 Å². The summed E-state index contributed by atoms with van der Waals surface area (Å²) < 4.78 is 17.6. The molecule has 0 N–H and O–H groups in total. The molecule has 1 aromatic rings. The molecule has 0 saturated carbocycles.